The fraction of sp³-hybridized carbons (Fsp3) is 1.00. The van der Waals surface area contributed by atoms with E-state index in [0.29, 0.717) is 4.28 Å². The Hall–Kier alpha value is 1.01. The van der Waals surface area contributed by atoms with Gasteiger partial charge in [0, 0.05) is 0 Å². The second-order valence-electron chi connectivity index (χ2n) is 3.24. The maximum absolute atomic E-state index is 3.74. The number of halogens is 1. The SMILES string of the molecule is C[CH2][Al]([Br])[C](C)(C)C. The molecule has 0 spiro atoms. The third-order valence-corrected chi connectivity index (χ3v) is 9.96. The molecule has 0 unspecified atom stereocenters. The number of hydrogen-bond acceptors (Lipinski definition) is 0. The monoisotopic (exact) mass is 192 g/mol. The van der Waals surface area contributed by atoms with E-state index in [1.165, 1.54) is 5.28 Å². The molecule has 0 aromatic rings. The predicted molar refractivity (Wildman–Crippen MR) is 44.9 cm³/mol. The van der Waals surface area contributed by atoms with E-state index in [1.54, 1.807) is 0 Å². The van der Waals surface area contributed by atoms with Crippen LogP contribution in [0.4, 0.5) is 0 Å². The van der Waals surface area contributed by atoms with E-state index in [1.807, 2.05) is 0 Å². The zero-order chi connectivity index (χ0) is 6.78. The largest absolute Gasteiger partial charge is 0.370 e. The lowest BCUT2D eigenvalue weighted by Gasteiger charge is -2.18. The normalized spacial score (nSPS) is 11.6. The van der Waals surface area contributed by atoms with Gasteiger partial charge in [-0.3, -0.25) is 0 Å². The van der Waals surface area contributed by atoms with Crippen molar-refractivity contribution in [3.63, 3.8) is 0 Å². The molecule has 0 nitrogen and oxygen atoms in total. The van der Waals surface area contributed by atoms with Crippen LogP contribution >= 0.6 is 14.1 Å². The van der Waals surface area contributed by atoms with Crippen LogP contribution in [-0.2, 0) is 0 Å². The van der Waals surface area contributed by atoms with Gasteiger partial charge in [0.1, 0.15) is 0 Å². The van der Waals surface area contributed by atoms with Crippen LogP contribution in [0, 0.1) is 0 Å². The lowest BCUT2D eigenvalue weighted by molar-refractivity contribution is 0.747. The quantitative estimate of drug-likeness (QED) is 0.561. The average molecular weight is 193 g/mol. The van der Waals surface area contributed by atoms with Crippen molar-refractivity contribution >= 4 is 26.4 Å². The average Bonchev–Trinajstić information content (AvgIpc) is 1.62. The van der Waals surface area contributed by atoms with Crippen LogP contribution in [-0.4, -0.2) is 12.3 Å². The summed E-state index contributed by atoms with van der Waals surface area (Å²) < 4.78 is 0.564. The fourth-order valence-corrected chi connectivity index (χ4v) is 1.84. The van der Waals surface area contributed by atoms with E-state index in [9.17, 15) is 0 Å². The van der Waals surface area contributed by atoms with Crippen LogP contribution in [0.25, 0.3) is 0 Å². The summed E-state index contributed by atoms with van der Waals surface area (Å²) in [6.07, 6.45) is 0. The summed E-state index contributed by atoms with van der Waals surface area (Å²) in [6.45, 7) is 9.18. The van der Waals surface area contributed by atoms with Gasteiger partial charge in [0.05, 0.1) is 0 Å². The summed E-state index contributed by atoms with van der Waals surface area (Å²) >= 11 is 3.18. The van der Waals surface area contributed by atoms with Crippen molar-refractivity contribution < 1.29 is 0 Å². The molecule has 0 amide bonds. The summed E-state index contributed by atoms with van der Waals surface area (Å²) in [5.41, 5.74) is 0. The predicted octanol–water partition coefficient (Wildman–Crippen LogP) is 3.19. The Morgan fingerprint density at radius 2 is 1.75 bits per heavy atom. The molecule has 0 N–H and O–H groups in total. The molecular weight excluding hydrogens is 179 g/mol. The first kappa shape index (κ1) is 9.01. The third kappa shape index (κ3) is 3.12. The molecule has 0 aliphatic carbocycles. The molecule has 0 bridgehead atoms. The van der Waals surface area contributed by atoms with Crippen molar-refractivity contribution in [2.45, 2.75) is 37.3 Å². The topological polar surface area (TPSA) is 0 Å². The van der Waals surface area contributed by atoms with Crippen LogP contribution in [0.5, 0.6) is 0 Å². The summed E-state index contributed by atoms with van der Waals surface area (Å²) in [6, 6.07) is 0. The van der Waals surface area contributed by atoms with Gasteiger partial charge in [-0.15, -0.1) is 0 Å². The van der Waals surface area contributed by atoms with Crippen LogP contribution in [0.2, 0.25) is 9.56 Å². The minimum atomic E-state index is -0.557. The zero-order valence-electron chi connectivity index (χ0n) is 6.16. The Labute approximate surface area is 63.7 Å². The molecule has 0 atom stereocenters. The number of hydrogen-bond donors (Lipinski definition) is 0. The smallest absolute Gasteiger partial charge is 0.216 e. The van der Waals surface area contributed by atoms with E-state index in [0.717, 1.165) is 0 Å². The molecule has 0 heterocycles. The Balaban J connectivity index is 3.62. The van der Waals surface area contributed by atoms with Crippen LogP contribution in [0.3, 0.4) is 0 Å². The molecule has 0 fully saturated rings. The van der Waals surface area contributed by atoms with Crippen LogP contribution in [0.15, 0.2) is 0 Å². The van der Waals surface area contributed by atoms with E-state index in [2.05, 4.69) is 41.7 Å². The minimum Gasteiger partial charge on any atom is -0.216 e. The second-order valence-corrected chi connectivity index (χ2v) is 10.0. The van der Waals surface area contributed by atoms with Crippen LogP contribution < -0.4 is 0 Å². The lowest BCUT2D eigenvalue weighted by atomic mass is 10.2. The highest BCUT2D eigenvalue weighted by Gasteiger charge is 2.26. The summed E-state index contributed by atoms with van der Waals surface area (Å²) in [4.78, 5) is 0. The van der Waals surface area contributed by atoms with E-state index in [4.69, 9.17) is 0 Å². The number of rotatable bonds is 1. The Morgan fingerprint density at radius 1 is 1.38 bits per heavy atom. The first-order valence-electron chi connectivity index (χ1n) is 3.12. The van der Waals surface area contributed by atoms with Gasteiger partial charge in [0.15, 0.2) is 0 Å². The maximum Gasteiger partial charge on any atom is 0.370 e. The molecule has 8 heavy (non-hydrogen) atoms. The van der Waals surface area contributed by atoms with Gasteiger partial charge in [-0.25, -0.2) is 14.1 Å². The van der Waals surface area contributed by atoms with Crippen molar-refractivity contribution in [2.75, 3.05) is 0 Å². The first-order chi connectivity index (χ1) is 3.48. The van der Waals surface area contributed by atoms with Crippen molar-refractivity contribution in [2.24, 2.45) is 0 Å². The summed E-state index contributed by atoms with van der Waals surface area (Å²) in [7, 11) is 0. The van der Waals surface area contributed by atoms with Gasteiger partial charge in [-0.05, 0) is 0 Å². The van der Waals surface area contributed by atoms with Crippen molar-refractivity contribution in [1.82, 2.24) is 0 Å². The molecular formula is C6H14AlBr. The van der Waals surface area contributed by atoms with Crippen molar-refractivity contribution in [3.05, 3.63) is 0 Å². The Morgan fingerprint density at radius 3 is 1.75 bits per heavy atom. The second kappa shape index (κ2) is 3.25. The summed E-state index contributed by atoms with van der Waals surface area (Å²) in [5, 5.41) is 1.35. The van der Waals surface area contributed by atoms with Crippen LogP contribution in [0.1, 0.15) is 27.7 Å². The van der Waals surface area contributed by atoms with Gasteiger partial charge in [0.2, 0.25) is 0 Å². The molecule has 0 radical (unpaired) electrons. The third-order valence-electron chi connectivity index (χ3n) is 1.30. The highest BCUT2D eigenvalue weighted by Crippen LogP contribution is 2.32. The first-order valence-corrected chi connectivity index (χ1v) is 7.70. The molecule has 48 valence electrons. The highest BCUT2D eigenvalue weighted by atomic mass is 79.9. The zero-order valence-corrected chi connectivity index (χ0v) is 8.90. The van der Waals surface area contributed by atoms with Crippen molar-refractivity contribution in [1.29, 1.82) is 0 Å². The Kier molecular flexibility index (Phi) is 3.66. The van der Waals surface area contributed by atoms with E-state index in [-0.39, 0.29) is 0 Å². The molecule has 0 saturated heterocycles. The Bertz CT molecular complexity index is 65.4. The molecule has 2 heteroatoms. The molecule has 0 aromatic carbocycles. The summed E-state index contributed by atoms with van der Waals surface area (Å²) in [5.74, 6) is 0. The highest BCUT2D eigenvalue weighted by molar-refractivity contribution is 9.24. The molecule has 0 aliphatic rings. The molecule has 0 rings (SSSR count). The minimum absolute atomic E-state index is 0.557. The van der Waals surface area contributed by atoms with Crippen molar-refractivity contribution in [3.8, 4) is 0 Å². The standard InChI is InChI=1S/C4H9.C2H5.Al.BrH/c1-4(2)3;1-2;;/h1-3H3;1H2,2H3;;1H/q;;+1;/p-1. The fourth-order valence-electron chi connectivity index (χ4n) is 0.612. The molecule has 0 aromatic heterocycles. The molecule has 0 aliphatic heterocycles. The van der Waals surface area contributed by atoms with Gasteiger partial charge >= 0.3 is 12.3 Å². The maximum atomic E-state index is 3.74. The molecule has 0 saturated carbocycles. The lowest BCUT2D eigenvalue weighted by Crippen LogP contribution is -2.16. The van der Waals surface area contributed by atoms with Gasteiger partial charge in [-0.1, -0.05) is 37.3 Å². The van der Waals surface area contributed by atoms with E-state index >= 15 is 0 Å². The van der Waals surface area contributed by atoms with Gasteiger partial charge < -0.3 is 0 Å². The van der Waals surface area contributed by atoms with Gasteiger partial charge in [0.25, 0.3) is 0 Å². The van der Waals surface area contributed by atoms with E-state index < -0.39 is 12.3 Å². The van der Waals surface area contributed by atoms with Gasteiger partial charge in [-0.2, -0.15) is 0 Å².